The Kier molecular flexibility index (Phi) is 8.02. The highest BCUT2D eigenvalue weighted by atomic mass is 35.5. The predicted octanol–water partition coefficient (Wildman–Crippen LogP) is 5.08. The first-order valence-corrected chi connectivity index (χ1v) is 10.2. The number of benzene rings is 2. The normalized spacial score (nSPS) is 10.3. The van der Waals surface area contributed by atoms with Crippen molar-refractivity contribution in [2.24, 2.45) is 0 Å². The van der Waals surface area contributed by atoms with Crippen molar-refractivity contribution >= 4 is 46.3 Å². The topological polar surface area (TPSA) is 97.4 Å². The van der Waals surface area contributed by atoms with Gasteiger partial charge in [0, 0.05) is 42.0 Å². The molecule has 0 aliphatic rings. The van der Waals surface area contributed by atoms with Gasteiger partial charge in [0.25, 0.3) is 0 Å². The van der Waals surface area contributed by atoms with Crippen molar-refractivity contribution in [3.8, 4) is 5.75 Å². The van der Waals surface area contributed by atoms with E-state index in [9.17, 15) is 4.79 Å². The molecule has 0 saturated heterocycles. The van der Waals surface area contributed by atoms with E-state index >= 15 is 0 Å². The molecule has 0 spiro atoms. The van der Waals surface area contributed by atoms with Crippen LogP contribution in [-0.4, -0.2) is 36.2 Å². The number of hydrogen-bond donors (Lipinski definition) is 3. The fourth-order valence-electron chi connectivity index (χ4n) is 2.69. The number of ether oxygens (including phenoxy) is 2. The minimum atomic E-state index is -0.277. The molecule has 0 radical (unpaired) electrons. The highest BCUT2D eigenvalue weighted by Crippen LogP contribution is 2.29. The Bertz CT molecular complexity index is 1110. The molecule has 9 heteroatoms. The lowest BCUT2D eigenvalue weighted by atomic mass is 10.2. The second kappa shape index (κ2) is 11.1. The zero-order valence-electron chi connectivity index (χ0n) is 17.8. The summed E-state index contributed by atoms with van der Waals surface area (Å²) in [6, 6.07) is 12.6. The summed E-state index contributed by atoms with van der Waals surface area (Å²) in [6.45, 7) is 6.21. The van der Waals surface area contributed by atoms with Crippen molar-refractivity contribution < 1.29 is 14.3 Å². The van der Waals surface area contributed by atoms with Crippen LogP contribution in [0.2, 0.25) is 5.02 Å². The van der Waals surface area contributed by atoms with Gasteiger partial charge in [-0.15, -0.1) is 0 Å². The number of halogens is 1. The van der Waals surface area contributed by atoms with Crippen molar-refractivity contribution in [1.29, 1.82) is 0 Å². The Balaban J connectivity index is 1.75. The Hall–Kier alpha value is -3.62. The van der Waals surface area contributed by atoms with E-state index in [0.717, 1.165) is 16.9 Å². The molecule has 1 amide bonds. The minimum Gasteiger partial charge on any atom is -0.490 e. The van der Waals surface area contributed by atoms with Gasteiger partial charge in [-0.2, -0.15) is 4.98 Å². The van der Waals surface area contributed by atoms with E-state index in [4.69, 9.17) is 21.1 Å². The zero-order valence-corrected chi connectivity index (χ0v) is 18.6. The monoisotopic (exact) mass is 453 g/mol. The Morgan fingerprint density at radius 3 is 2.69 bits per heavy atom. The molecule has 0 atom stereocenters. The van der Waals surface area contributed by atoms with E-state index in [2.05, 4.69) is 32.5 Å². The molecule has 166 valence electrons. The number of methoxy groups -OCH3 is 1. The van der Waals surface area contributed by atoms with E-state index in [1.807, 2.05) is 25.1 Å². The van der Waals surface area contributed by atoms with Crippen molar-refractivity contribution in [2.75, 3.05) is 36.3 Å². The maximum Gasteiger partial charge on any atom is 0.247 e. The van der Waals surface area contributed by atoms with Crippen LogP contribution in [0.5, 0.6) is 5.75 Å². The van der Waals surface area contributed by atoms with Gasteiger partial charge in [0.15, 0.2) is 0 Å². The average Bonchev–Trinajstić information content (AvgIpc) is 2.78. The fourth-order valence-corrected chi connectivity index (χ4v) is 2.86. The Labute approximate surface area is 191 Å². The van der Waals surface area contributed by atoms with Gasteiger partial charge in [-0.05, 0) is 43.3 Å². The smallest absolute Gasteiger partial charge is 0.247 e. The van der Waals surface area contributed by atoms with Crippen LogP contribution in [0.4, 0.5) is 28.8 Å². The first-order valence-electron chi connectivity index (χ1n) is 9.81. The molecular formula is C23H24ClN5O3. The van der Waals surface area contributed by atoms with Gasteiger partial charge in [0.1, 0.15) is 18.2 Å². The number of carbonyl (C=O) groups excluding carboxylic acids is 1. The lowest BCUT2D eigenvalue weighted by molar-refractivity contribution is -0.111. The summed E-state index contributed by atoms with van der Waals surface area (Å²) in [4.78, 5) is 20.5. The second-order valence-corrected chi connectivity index (χ2v) is 7.14. The number of carbonyl (C=O) groups is 1. The lowest BCUT2D eigenvalue weighted by Crippen LogP contribution is -2.07. The molecular weight excluding hydrogens is 430 g/mol. The second-order valence-electron chi connectivity index (χ2n) is 6.74. The molecule has 0 saturated carbocycles. The van der Waals surface area contributed by atoms with Crippen LogP contribution in [-0.2, 0) is 9.53 Å². The molecule has 0 aliphatic carbocycles. The van der Waals surface area contributed by atoms with Gasteiger partial charge in [-0.3, -0.25) is 4.79 Å². The predicted molar refractivity (Wildman–Crippen MR) is 127 cm³/mol. The molecule has 3 N–H and O–H groups in total. The molecule has 3 aromatic rings. The first-order chi connectivity index (χ1) is 15.5. The average molecular weight is 454 g/mol. The van der Waals surface area contributed by atoms with Gasteiger partial charge in [0.05, 0.1) is 11.6 Å². The maximum absolute atomic E-state index is 11.5. The molecule has 1 heterocycles. The number of amides is 1. The van der Waals surface area contributed by atoms with Crippen molar-refractivity contribution in [1.82, 2.24) is 9.97 Å². The SMILES string of the molecule is C=CC(=O)Nc1cccc(Nc2nc(Nc3ccc(Cl)c(OCCOC)c3)ncc2C)c1. The standard InChI is InChI=1S/C23H24ClN5O3/c1-4-21(30)26-16-6-5-7-17(12-16)27-22-15(2)14-25-23(29-22)28-18-8-9-19(24)20(13-18)32-11-10-31-3/h4-9,12-14H,1,10-11H2,2-3H3,(H,26,30)(H2,25,27,28,29). The molecule has 0 unspecified atom stereocenters. The van der Waals surface area contributed by atoms with Gasteiger partial charge >= 0.3 is 0 Å². The number of anilines is 5. The van der Waals surface area contributed by atoms with Crippen LogP contribution in [0.3, 0.4) is 0 Å². The summed E-state index contributed by atoms with van der Waals surface area (Å²) >= 11 is 6.20. The van der Waals surface area contributed by atoms with Crippen molar-refractivity contribution in [3.63, 3.8) is 0 Å². The summed E-state index contributed by atoms with van der Waals surface area (Å²) in [5.74, 6) is 1.29. The van der Waals surface area contributed by atoms with E-state index in [-0.39, 0.29) is 5.91 Å². The van der Waals surface area contributed by atoms with Crippen LogP contribution >= 0.6 is 11.6 Å². The molecule has 32 heavy (non-hydrogen) atoms. The van der Waals surface area contributed by atoms with E-state index in [1.54, 1.807) is 37.6 Å². The van der Waals surface area contributed by atoms with Crippen LogP contribution in [0.25, 0.3) is 0 Å². The third-order valence-corrected chi connectivity index (χ3v) is 4.59. The maximum atomic E-state index is 11.5. The molecule has 3 rings (SSSR count). The molecule has 0 bridgehead atoms. The zero-order chi connectivity index (χ0) is 22.9. The van der Waals surface area contributed by atoms with Crippen LogP contribution in [0.1, 0.15) is 5.56 Å². The quantitative estimate of drug-likeness (QED) is 0.291. The van der Waals surface area contributed by atoms with Gasteiger partial charge < -0.3 is 25.4 Å². The largest absolute Gasteiger partial charge is 0.490 e. The number of rotatable bonds is 10. The summed E-state index contributed by atoms with van der Waals surface area (Å²) in [5.41, 5.74) is 2.99. The number of aromatic nitrogens is 2. The summed E-state index contributed by atoms with van der Waals surface area (Å²) < 4.78 is 10.6. The lowest BCUT2D eigenvalue weighted by Gasteiger charge is -2.13. The van der Waals surface area contributed by atoms with Crippen LogP contribution < -0.4 is 20.7 Å². The molecule has 0 aliphatic heterocycles. The first kappa shape index (κ1) is 23.1. The summed E-state index contributed by atoms with van der Waals surface area (Å²) in [6.07, 6.45) is 2.93. The van der Waals surface area contributed by atoms with E-state index in [0.29, 0.717) is 41.4 Å². The van der Waals surface area contributed by atoms with Crippen LogP contribution in [0, 0.1) is 6.92 Å². The Morgan fingerprint density at radius 1 is 1.12 bits per heavy atom. The molecule has 2 aromatic carbocycles. The number of nitrogens with one attached hydrogen (secondary N) is 3. The fraction of sp³-hybridized carbons (Fsp3) is 0.174. The number of aryl methyl sites for hydroxylation is 1. The van der Waals surface area contributed by atoms with E-state index < -0.39 is 0 Å². The van der Waals surface area contributed by atoms with Gasteiger partial charge in [-0.25, -0.2) is 4.98 Å². The van der Waals surface area contributed by atoms with Crippen molar-refractivity contribution in [3.05, 3.63) is 71.9 Å². The number of nitrogens with zero attached hydrogens (tertiary/aromatic N) is 2. The summed E-state index contributed by atoms with van der Waals surface area (Å²) in [7, 11) is 1.61. The van der Waals surface area contributed by atoms with Gasteiger partial charge in [-0.1, -0.05) is 24.2 Å². The third kappa shape index (κ3) is 6.44. The van der Waals surface area contributed by atoms with Gasteiger partial charge in [0.2, 0.25) is 11.9 Å². The van der Waals surface area contributed by atoms with E-state index in [1.165, 1.54) is 6.08 Å². The summed E-state index contributed by atoms with van der Waals surface area (Å²) in [5, 5.41) is 9.65. The molecule has 8 nitrogen and oxygen atoms in total. The van der Waals surface area contributed by atoms with Crippen LogP contribution in [0.15, 0.2) is 61.3 Å². The number of hydrogen-bond acceptors (Lipinski definition) is 7. The molecule has 1 aromatic heterocycles. The minimum absolute atomic E-state index is 0.277. The third-order valence-electron chi connectivity index (χ3n) is 4.28. The molecule has 0 fully saturated rings. The Morgan fingerprint density at radius 2 is 1.91 bits per heavy atom. The highest BCUT2D eigenvalue weighted by Gasteiger charge is 2.08. The highest BCUT2D eigenvalue weighted by molar-refractivity contribution is 6.32. The van der Waals surface area contributed by atoms with Crippen molar-refractivity contribution in [2.45, 2.75) is 6.92 Å².